The highest BCUT2D eigenvalue weighted by molar-refractivity contribution is 6.09. The molecule has 25 heavy (non-hydrogen) atoms. The number of phenols is 1. The van der Waals surface area contributed by atoms with Gasteiger partial charge in [0.25, 0.3) is 0 Å². The number of carbonyl (C=O) groups excluding carboxylic acids is 3. The Labute approximate surface area is 144 Å². The largest absolute Gasteiger partial charge is 0.508 e. The number of hydrogen-bond acceptors (Lipinski definition) is 7. The number of esters is 1. The minimum Gasteiger partial charge on any atom is -0.508 e. The van der Waals surface area contributed by atoms with Crippen molar-refractivity contribution >= 4 is 17.8 Å². The van der Waals surface area contributed by atoms with E-state index < -0.39 is 41.9 Å². The highest BCUT2D eigenvalue weighted by atomic mass is 16.5. The third-order valence-corrected chi connectivity index (χ3v) is 5.11. The summed E-state index contributed by atoms with van der Waals surface area (Å²) in [5, 5.41) is 22.4. The number of hydrogen-bond donors (Lipinski definition) is 3. The van der Waals surface area contributed by atoms with E-state index in [9.17, 15) is 24.6 Å². The predicted octanol–water partition coefficient (Wildman–Crippen LogP) is -0.438. The Balaban J connectivity index is 2.13. The van der Waals surface area contributed by atoms with Crippen LogP contribution in [-0.4, -0.2) is 58.7 Å². The van der Waals surface area contributed by atoms with Gasteiger partial charge in [-0.15, -0.1) is 0 Å². The molecule has 1 aromatic carbocycles. The number of aliphatic hydroxyl groups excluding tert-OH is 1. The Morgan fingerprint density at radius 3 is 2.44 bits per heavy atom. The lowest BCUT2D eigenvalue weighted by Crippen LogP contribution is -2.58. The number of aliphatic hydroxyl groups is 1. The molecule has 3 rings (SSSR count). The summed E-state index contributed by atoms with van der Waals surface area (Å²) in [5.41, 5.74) is -1.05. The van der Waals surface area contributed by atoms with E-state index in [0.29, 0.717) is 5.56 Å². The van der Waals surface area contributed by atoms with Crippen molar-refractivity contribution in [2.75, 3.05) is 20.3 Å². The van der Waals surface area contributed by atoms with Gasteiger partial charge in [-0.1, -0.05) is 12.1 Å². The molecule has 0 aromatic heterocycles. The second-order valence-electron chi connectivity index (χ2n) is 6.26. The van der Waals surface area contributed by atoms with Gasteiger partial charge in [-0.2, -0.15) is 0 Å². The normalized spacial score (nSPS) is 31.3. The van der Waals surface area contributed by atoms with Crippen molar-refractivity contribution in [2.24, 2.45) is 11.8 Å². The van der Waals surface area contributed by atoms with Crippen molar-refractivity contribution in [1.29, 1.82) is 0 Å². The molecule has 8 heteroatoms. The fraction of sp³-hybridized carbons (Fsp3) is 0.471. The van der Waals surface area contributed by atoms with Crippen molar-refractivity contribution in [3.8, 4) is 5.75 Å². The molecule has 2 aliphatic rings. The molecule has 4 atom stereocenters. The van der Waals surface area contributed by atoms with Crippen molar-refractivity contribution in [1.82, 2.24) is 10.2 Å². The average molecular weight is 348 g/mol. The van der Waals surface area contributed by atoms with Crippen LogP contribution in [0.5, 0.6) is 5.75 Å². The van der Waals surface area contributed by atoms with Gasteiger partial charge in [0.2, 0.25) is 11.8 Å². The van der Waals surface area contributed by atoms with E-state index in [2.05, 4.69) is 5.32 Å². The second kappa shape index (κ2) is 6.12. The maximum absolute atomic E-state index is 12.8. The third-order valence-electron chi connectivity index (χ3n) is 5.11. The molecule has 2 saturated heterocycles. The van der Waals surface area contributed by atoms with Gasteiger partial charge < -0.3 is 14.9 Å². The van der Waals surface area contributed by atoms with E-state index in [4.69, 9.17) is 4.74 Å². The van der Waals surface area contributed by atoms with Crippen LogP contribution in [0, 0.1) is 11.8 Å². The minimum atomic E-state index is -1.68. The zero-order chi connectivity index (χ0) is 18.4. The molecular weight excluding hydrogens is 328 g/mol. The number of ether oxygens (including phenoxy) is 1. The van der Waals surface area contributed by atoms with Gasteiger partial charge in [0.15, 0.2) is 5.54 Å². The summed E-state index contributed by atoms with van der Waals surface area (Å²) in [4.78, 5) is 39.1. The maximum atomic E-state index is 12.8. The average Bonchev–Trinajstić information content (AvgIpc) is 3.10. The quantitative estimate of drug-likeness (QED) is 0.499. The molecule has 2 aliphatic heterocycles. The number of benzene rings is 1. The van der Waals surface area contributed by atoms with Crippen LogP contribution < -0.4 is 5.32 Å². The lowest BCUT2D eigenvalue weighted by molar-refractivity contribution is -0.156. The molecule has 0 saturated carbocycles. The van der Waals surface area contributed by atoms with Gasteiger partial charge >= 0.3 is 5.97 Å². The molecule has 0 radical (unpaired) electrons. The van der Waals surface area contributed by atoms with E-state index in [-0.39, 0.29) is 18.2 Å². The van der Waals surface area contributed by atoms with Gasteiger partial charge in [0.05, 0.1) is 25.6 Å². The van der Waals surface area contributed by atoms with E-state index in [0.717, 1.165) is 4.90 Å². The van der Waals surface area contributed by atoms with Crippen LogP contribution in [0.3, 0.4) is 0 Å². The monoisotopic (exact) mass is 348 g/mol. The first kappa shape index (κ1) is 17.4. The molecule has 0 bridgehead atoms. The lowest BCUT2D eigenvalue weighted by atomic mass is 9.79. The van der Waals surface area contributed by atoms with Crippen molar-refractivity contribution < 1.29 is 29.3 Å². The first-order valence-electron chi connectivity index (χ1n) is 8.02. The molecule has 8 nitrogen and oxygen atoms in total. The van der Waals surface area contributed by atoms with Crippen LogP contribution in [0.4, 0.5) is 0 Å². The van der Waals surface area contributed by atoms with Crippen LogP contribution >= 0.6 is 0 Å². The number of aromatic hydroxyl groups is 1. The summed E-state index contributed by atoms with van der Waals surface area (Å²) in [7, 11) is 1.17. The number of likely N-dealkylation sites (tertiary alicyclic amines) is 1. The molecule has 2 fully saturated rings. The summed E-state index contributed by atoms with van der Waals surface area (Å²) in [5.74, 6) is -3.48. The zero-order valence-corrected chi connectivity index (χ0v) is 13.9. The predicted molar refractivity (Wildman–Crippen MR) is 85.2 cm³/mol. The van der Waals surface area contributed by atoms with Gasteiger partial charge in [0.1, 0.15) is 5.75 Å². The summed E-state index contributed by atoms with van der Waals surface area (Å²) < 4.78 is 4.81. The van der Waals surface area contributed by atoms with E-state index in [1.165, 1.54) is 19.2 Å². The molecule has 134 valence electrons. The number of phenolic OH excluding ortho intramolecular Hbond substituents is 1. The van der Waals surface area contributed by atoms with E-state index >= 15 is 0 Å². The number of nitrogens with zero attached hydrogens (tertiary/aromatic N) is 1. The van der Waals surface area contributed by atoms with Gasteiger partial charge in [-0.05, 0) is 24.6 Å². The molecule has 0 aliphatic carbocycles. The van der Waals surface area contributed by atoms with E-state index in [1.54, 1.807) is 19.1 Å². The minimum absolute atomic E-state index is 0.0590. The highest BCUT2D eigenvalue weighted by Crippen LogP contribution is 2.49. The maximum Gasteiger partial charge on any atom is 0.329 e. The molecular formula is C17H20N2O6. The molecule has 1 aromatic rings. The Kier molecular flexibility index (Phi) is 4.26. The molecule has 2 heterocycles. The van der Waals surface area contributed by atoms with Crippen molar-refractivity contribution in [3.63, 3.8) is 0 Å². The SMILES string of the molecule is CCN1C(=O)[C@@H]2[C@H](c3ccc(O)cc3)N[C@](CO)(C(=O)OC)[C@H]2C1=O. The summed E-state index contributed by atoms with van der Waals surface area (Å²) in [6.45, 7) is 1.19. The first-order valence-corrected chi connectivity index (χ1v) is 8.02. The fourth-order valence-corrected chi connectivity index (χ4v) is 3.92. The summed E-state index contributed by atoms with van der Waals surface area (Å²) in [6, 6.07) is 5.48. The topological polar surface area (TPSA) is 116 Å². The Hall–Kier alpha value is -2.45. The van der Waals surface area contributed by atoms with Gasteiger partial charge in [0, 0.05) is 12.6 Å². The number of fused-ring (bicyclic) bond motifs is 1. The van der Waals surface area contributed by atoms with Crippen molar-refractivity contribution in [2.45, 2.75) is 18.5 Å². The third kappa shape index (κ3) is 2.32. The van der Waals surface area contributed by atoms with Crippen LogP contribution in [0.25, 0.3) is 0 Å². The van der Waals surface area contributed by atoms with E-state index in [1.807, 2.05) is 0 Å². The van der Waals surface area contributed by atoms with Gasteiger partial charge in [-0.3, -0.25) is 19.8 Å². The van der Waals surface area contributed by atoms with Crippen LogP contribution in [0.15, 0.2) is 24.3 Å². The number of imide groups is 1. The molecule has 3 N–H and O–H groups in total. The number of carbonyl (C=O) groups is 3. The first-order chi connectivity index (χ1) is 11.9. The van der Waals surface area contributed by atoms with Crippen LogP contribution in [0.1, 0.15) is 18.5 Å². The number of rotatable bonds is 4. The van der Waals surface area contributed by atoms with Crippen LogP contribution in [-0.2, 0) is 19.1 Å². The zero-order valence-electron chi connectivity index (χ0n) is 13.9. The molecule has 0 unspecified atom stereocenters. The lowest BCUT2D eigenvalue weighted by Gasteiger charge is -2.30. The Bertz CT molecular complexity index is 718. The number of nitrogens with one attached hydrogen (secondary N) is 1. The Morgan fingerprint density at radius 2 is 1.92 bits per heavy atom. The number of methoxy groups -OCH3 is 1. The fourth-order valence-electron chi connectivity index (χ4n) is 3.92. The van der Waals surface area contributed by atoms with Gasteiger partial charge in [-0.25, -0.2) is 4.79 Å². The summed E-state index contributed by atoms with van der Waals surface area (Å²) >= 11 is 0. The smallest absolute Gasteiger partial charge is 0.329 e. The highest BCUT2D eigenvalue weighted by Gasteiger charge is 2.68. The summed E-state index contributed by atoms with van der Waals surface area (Å²) in [6.07, 6.45) is 0. The second-order valence-corrected chi connectivity index (χ2v) is 6.26. The molecule has 0 spiro atoms. The van der Waals surface area contributed by atoms with Crippen molar-refractivity contribution in [3.05, 3.63) is 29.8 Å². The number of amides is 2. The standard InChI is InChI=1S/C17H20N2O6/c1-3-19-14(22)11-12(15(19)23)17(8-20,16(24)25-2)18-13(11)9-4-6-10(21)7-5-9/h4-7,11-13,18,20-21H,3,8H2,1-2H3/t11-,12+,13-,17-/m0/s1. The Morgan fingerprint density at radius 1 is 1.28 bits per heavy atom. The molecule has 2 amide bonds. The van der Waals surface area contributed by atoms with Crippen LogP contribution in [0.2, 0.25) is 0 Å².